The second-order valence-electron chi connectivity index (χ2n) is 5.16. The molecule has 0 bridgehead atoms. The van der Waals surface area contributed by atoms with Gasteiger partial charge in [-0.1, -0.05) is 0 Å². The Kier molecular flexibility index (Phi) is 3.98. The summed E-state index contributed by atoms with van der Waals surface area (Å²) in [6.45, 7) is 7.60. The maximum Gasteiger partial charge on any atom is 0.325 e. The van der Waals surface area contributed by atoms with Crippen LogP contribution in [-0.4, -0.2) is 65.2 Å². The third-order valence-corrected chi connectivity index (χ3v) is 3.31. The molecule has 17 heavy (non-hydrogen) atoms. The van der Waals surface area contributed by atoms with Crippen LogP contribution >= 0.6 is 0 Å². The fourth-order valence-electron chi connectivity index (χ4n) is 1.75. The second kappa shape index (κ2) is 4.91. The molecule has 0 aromatic heterocycles. The number of carbonyl (C=O) groups is 2. The lowest BCUT2D eigenvalue weighted by molar-refractivity contribution is -0.138. The van der Waals surface area contributed by atoms with Gasteiger partial charge < -0.3 is 15.3 Å². The highest BCUT2D eigenvalue weighted by atomic mass is 16.4. The van der Waals surface area contributed by atoms with Crippen molar-refractivity contribution >= 4 is 12.0 Å². The Balaban J connectivity index is 2.57. The molecule has 0 saturated carbocycles. The lowest BCUT2D eigenvalue weighted by Gasteiger charge is -2.45. The maximum atomic E-state index is 11.8. The van der Waals surface area contributed by atoms with Gasteiger partial charge in [-0.25, -0.2) is 4.79 Å². The minimum absolute atomic E-state index is 0.0813. The van der Waals surface area contributed by atoms with E-state index >= 15 is 0 Å². The van der Waals surface area contributed by atoms with E-state index in [-0.39, 0.29) is 11.6 Å². The average molecular weight is 243 g/mol. The first kappa shape index (κ1) is 13.8. The summed E-state index contributed by atoms with van der Waals surface area (Å²) in [5.74, 6) is -1.02. The number of hydrogen-bond acceptors (Lipinski definition) is 3. The molecule has 1 saturated heterocycles. The summed E-state index contributed by atoms with van der Waals surface area (Å²) in [7, 11) is 2.02. The first-order valence-corrected chi connectivity index (χ1v) is 5.73. The van der Waals surface area contributed by atoms with Crippen LogP contribution in [0.1, 0.15) is 20.8 Å². The Morgan fingerprint density at radius 2 is 1.94 bits per heavy atom. The van der Waals surface area contributed by atoms with Gasteiger partial charge in [0.1, 0.15) is 6.04 Å². The molecule has 6 nitrogen and oxygen atoms in total. The molecule has 1 fully saturated rings. The molecule has 1 heterocycles. The van der Waals surface area contributed by atoms with E-state index in [1.807, 2.05) is 7.05 Å². The minimum atomic E-state index is -1.02. The first-order valence-electron chi connectivity index (χ1n) is 5.73. The van der Waals surface area contributed by atoms with Crippen molar-refractivity contribution in [3.05, 3.63) is 0 Å². The molecule has 1 unspecified atom stereocenters. The number of carboxylic acids is 1. The topological polar surface area (TPSA) is 72.9 Å². The lowest BCUT2D eigenvalue weighted by Crippen LogP contribution is -2.61. The zero-order valence-electron chi connectivity index (χ0n) is 10.9. The Morgan fingerprint density at radius 1 is 1.35 bits per heavy atom. The number of rotatable bonds is 2. The number of hydrogen-bond donors (Lipinski definition) is 2. The number of likely N-dealkylation sites (N-methyl/N-ethyl adjacent to an activating group) is 1. The quantitative estimate of drug-likeness (QED) is 0.726. The van der Waals surface area contributed by atoms with Gasteiger partial charge in [-0.2, -0.15) is 0 Å². The number of urea groups is 1. The molecule has 1 aliphatic heterocycles. The van der Waals surface area contributed by atoms with Crippen molar-refractivity contribution in [2.24, 2.45) is 0 Å². The normalized spacial score (nSPS) is 22.0. The third kappa shape index (κ3) is 3.33. The highest BCUT2D eigenvalue weighted by Crippen LogP contribution is 2.18. The van der Waals surface area contributed by atoms with E-state index in [4.69, 9.17) is 5.11 Å². The Bertz CT molecular complexity index is 317. The third-order valence-electron chi connectivity index (χ3n) is 3.31. The monoisotopic (exact) mass is 243 g/mol. The zero-order chi connectivity index (χ0) is 13.2. The summed E-state index contributed by atoms with van der Waals surface area (Å²) < 4.78 is 0. The molecule has 1 atom stereocenters. The van der Waals surface area contributed by atoms with Gasteiger partial charge in [0.15, 0.2) is 0 Å². The Morgan fingerprint density at radius 3 is 2.41 bits per heavy atom. The summed E-state index contributed by atoms with van der Waals surface area (Å²) in [6, 6.07) is -1.16. The van der Waals surface area contributed by atoms with Crippen molar-refractivity contribution in [1.82, 2.24) is 15.1 Å². The number of piperazine rings is 1. The second-order valence-corrected chi connectivity index (χ2v) is 5.16. The van der Waals surface area contributed by atoms with Crippen LogP contribution < -0.4 is 5.32 Å². The largest absolute Gasteiger partial charge is 0.480 e. The van der Waals surface area contributed by atoms with Crippen LogP contribution in [0.25, 0.3) is 0 Å². The molecule has 0 radical (unpaired) electrons. The molecule has 0 aliphatic carbocycles. The van der Waals surface area contributed by atoms with Gasteiger partial charge >= 0.3 is 12.0 Å². The van der Waals surface area contributed by atoms with Crippen molar-refractivity contribution in [1.29, 1.82) is 0 Å². The summed E-state index contributed by atoms with van der Waals surface area (Å²) >= 11 is 0. The zero-order valence-corrected chi connectivity index (χ0v) is 10.9. The maximum absolute atomic E-state index is 11.8. The molecule has 1 aliphatic rings. The standard InChI is InChI=1S/C11H21N3O3/c1-8(9(15)16)12-10(17)14-6-5-13(4)11(2,3)7-14/h8H,5-7H2,1-4H3,(H,12,17)(H,15,16). The van der Waals surface area contributed by atoms with Crippen LogP contribution in [0, 0.1) is 0 Å². The number of nitrogens with one attached hydrogen (secondary N) is 1. The van der Waals surface area contributed by atoms with E-state index in [9.17, 15) is 9.59 Å². The van der Waals surface area contributed by atoms with E-state index < -0.39 is 12.0 Å². The molecule has 2 amide bonds. The molecule has 6 heteroatoms. The van der Waals surface area contributed by atoms with E-state index in [2.05, 4.69) is 24.1 Å². The number of carboxylic acid groups (broad SMARTS) is 1. The van der Waals surface area contributed by atoms with Crippen LogP contribution in [-0.2, 0) is 4.79 Å². The van der Waals surface area contributed by atoms with Gasteiger partial charge in [-0.15, -0.1) is 0 Å². The van der Waals surface area contributed by atoms with Crippen molar-refractivity contribution in [3.63, 3.8) is 0 Å². The minimum Gasteiger partial charge on any atom is -0.480 e. The average Bonchev–Trinajstić information content (AvgIpc) is 2.21. The lowest BCUT2D eigenvalue weighted by atomic mass is 10.00. The molecule has 0 spiro atoms. The number of carbonyl (C=O) groups excluding carboxylic acids is 1. The molecule has 2 N–H and O–H groups in total. The van der Waals surface area contributed by atoms with Crippen LogP contribution in [0.2, 0.25) is 0 Å². The summed E-state index contributed by atoms with van der Waals surface area (Å²) in [4.78, 5) is 26.4. The predicted molar refractivity (Wildman–Crippen MR) is 63.9 cm³/mol. The number of aliphatic carboxylic acids is 1. The van der Waals surface area contributed by atoms with Crippen molar-refractivity contribution in [3.8, 4) is 0 Å². The van der Waals surface area contributed by atoms with Crippen LogP contribution in [0.3, 0.4) is 0 Å². The van der Waals surface area contributed by atoms with Crippen LogP contribution in [0.4, 0.5) is 4.79 Å². The van der Waals surface area contributed by atoms with Gasteiger partial charge in [0, 0.05) is 25.2 Å². The van der Waals surface area contributed by atoms with E-state index in [1.165, 1.54) is 6.92 Å². The van der Waals surface area contributed by atoms with Gasteiger partial charge in [0.05, 0.1) is 0 Å². The summed E-state index contributed by atoms with van der Waals surface area (Å²) in [6.07, 6.45) is 0. The molecular weight excluding hydrogens is 222 g/mol. The number of nitrogens with zero attached hydrogens (tertiary/aromatic N) is 2. The molecule has 1 rings (SSSR count). The fraction of sp³-hybridized carbons (Fsp3) is 0.818. The highest BCUT2D eigenvalue weighted by Gasteiger charge is 2.33. The van der Waals surface area contributed by atoms with Gasteiger partial charge in [0.25, 0.3) is 0 Å². The molecule has 0 aromatic carbocycles. The Hall–Kier alpha value is -1.30. The van der Waals surface area contributed by atoms with Crippen molar-refractivity contribution in [2.75, 3.05) is 26.7 Å². The van der Waals surface area contributed by atoms with Gasteiger partial charge in [-0.05, 0) is 27.8 Å². The van der Waals surface area contributed by atoms with Crippen molar-refractivity contribution in [2.45, 2.75) is 32.4 Å². The smallest absolute Gasteiger partial charge is 0.325 e. The van der Waals surface area contributed by atoms with Gasteiger partial charge in [0.2, 0.25) is 0 Å². The van der Waals surface area contributed by atoms with E-state index in [1.54, 1.807) is 4.90 Å². The number of amides is 2. The highest BCUT2D eigenvalue weighted by molar-refractivity contribution is 5.82. The van der Waals surface area contributed by atoms with Gasteiger partial charge in [-0.3, -0.25) is 9.69 Å². The predicted octanol–water partition coefficient (Wildman–Crippen LogP) is 0.195. The molecule has 98 valence electrons. The van der Waals surface area contributed by atoms with Crippen LogP contribution in [0.15, 0.2) is 0 Å². The summed E-state index contributed by atoms with van der Waals surface area (Å²) in [5.41, 5.74) is -0.0813. The van der Waals surface area contributed by atoms with E-state index in [0.29, 0.717) is 13.1 Å². The first-order chi connectivity index (χ1) is 7.74. The van der Waals surface area contributed by atoms with Crippen LogP contribution in [0.5, 0.6) is 0 Å². The van der Waals surface area contributed by atoms with Crippen molar-refractivity contribution < 1.29 is 14.7 Å². The fourth-order valence-corrected chi connectivity index (χ4v) is 1.75. The summed E-state index contributed by atoms with van der Waals surface area (Å²) in [5, 5.41) is 11.2. The molecule has 0 aromatic rings. The SMILES string of the molecule is CC(NC(=O)N1CCN(C)C(C)(C)C1)C(=O)O. The van der Waals surface area contributed by atoms with E-state index in [0.717, 1.165) is 6.54 Å². The molecular formula is C11H21N3O3. The Labute approximate surface area is 102 Å².